The Hall–Kier alpha value is -1.99. The molecule has 1 fully saturated rings. The summed E-state index contributed by atoms with van der Waals surface area (Å²) in [6.45, 7) is 6.22. The van der Waals surface area contributed by atoms with Crippen LogP contribution in [-0.2, 0) is 6.54 Å². The molecule has 1 aromatic heterocycles. The van der Waals surface area contributed by atoms with Crippen molar-refractivity contribution in [2.24, 2.45) is 0 Å². The second-order valence-electron chi connectivity index (χ2n) is 5.63. The van der Waals surface area contributed by atoms with E-state index in [1.165, 1.54) is 12.1 Å². The number of hydrogen-bond donors (Lipinski definition) is 1. The zero-order valence-corrected chi connectivity index (χ0v) is 13.8. The van der Waals surface area contributed by atoms with Gasteiger partial charge >= 0.3 is 0 Å². The molecule has 1 saturated heterocycles. The van der Waals surface area contributed by atoms with Crippen LogP contribution in [0.15, 0.2) is 34.9 Å². The highest BCUT2D eigenvalue weighted by molar-refractivity contribution is 7.80. The number of rotatable bonds is 3. The van der Waals surface area contributed by atoms with Crippen LogP contribution in [0.2, 0.25) is 0 Å². The number of benzene rings is 1. The number of nitrogens with zero attached hydrogens (tertiary/aromatic N) is 3. The Bertz CT molecular complexity index is 665. The summed E-state index contributed by atoms with van der Waals surface area (Å²) in [5.74, 6) is 0.585. The molecule has 2 aromatic rings. The van der Waals surface area contributed by atoms with E-state index in [0.717, 1.165) is 49.9 Å². The molecule has 1 N–H and O–H groups in total. The highest BCUT2D eigenvalue weighted by atomic mass is 32.1. The van der Waals surface area contributed by atoms with Gasteiger partial charge in [0.25, 0.3) is 0 Å². The van der Waals surface area contributed by atoms with Gasteiger partial charge in [0.1, 0.15) is 11.6 Å². The van der Waals surface area contributed by atoms with Crippen LogP contribution in [-0.4, -0.2) is 46.2 Å². The third-order valence-corrected chi connectivity index (χ3v) is 4.18. The SMILES string of the molecule is Cc1cc(CN2CCN(C(=S)Nc3ccc(F)cc3)CC2)no1. The van der Waals surface area contributed by atoms with E-state index in [4.69, 9.17) is 16.7 Å². The lowest BCUT2D eigenvalue weighted by molar-refractivity contribution is 0.173. The van der Waals surface area contributed by atoms with E-state index < -0.39 is 0 Å². The number of aromatic nitrogens is 1. The van der Waals surface area contributed by atoms with Crippen molar-refractivity contribution in [2.75, 3.05) is 31.5 Å². The molecule has 23 heavy (non-hydrogen) atoms. The third-order valence-electron chi connectivity index (χ3n) is 3.82. The van der Waals surface area contributed by atoms with Gasteiger partial charge in [0, 0.05) is 44.5 Å². The van der Waals surface area contributed by atoms with Crippen LogP contribution < -0.4 is 5.32 Å². The Morgan fingerprint density at radius 1 is 1.26 bits per heavy atom. The molecule has 0 atom stereocenters. The monoisotopic (exact) mass is 334 g/mol. The van der Waals surface area contributed by atoms with Crippen molar-refractivity contribution in [3.63, 3.8) is 0 Å². The summed E-state index contributed by atoms with van der Waals surface area (Å²) < 4.78 is 18.0. The van der Waals surface area contributed by atoms with Crippen molar-refractivity contribution >= 4 is 23.0 Å². The Labute approximate surface area is 140 Å². The number of aryl methyl sites for hydroxylation is 1. The molecule has 0 saturated carbocycles. The van der Waals surface area contributed by atoms with Gasteiger partial charge in [-0.3, -0.25) is 4.90 Å². The zero-order valence-electron chi connectivity index (χ0n) is 13.0. The maximum absolute atomic E-state index is 12.9. The quantitative estimate of drug-likeness (QED) is 0.871. The number of thiocarbonyl (C=S) groups is 1. The Morgan fingerprint density at radius 2 is 1.96 bits per heavy atom. The largest absolute Gasteiger partial charge is 0.361 e. The maximum Gasteiger partial charge on any atom is 0.173 e. The minimum Gasteiger partial charge on any atom is -0.361 e. The standard InChI is InChI=1S/C16H19FN4OS/c1-12-10-15(19-22-12)11-20-6-8-21(9-7-20)16(23)18-14-4-2-13(17)3-5-14/h2-5,10H,6-9,11H2,1H3,(H,18,23). The first-order chi connectivity index (χ1) is 11.1. The van der Waals surface area contributed by atoms with Crippen LogP contribution in [0.5, 0.6) is 0 Å². The summed E-state index contributed by atoms with van der Waals surface area (Å²) in [7, 11) is 0. The molecule has 0 amide bonds. The van der Waals surface area contributed by atoms with Gasteiger partial charge in [0.05, 0.1) is 5.69 Å². The molecule has 0 radical (unpaired) electrons. The van der Waals surface area contributed by atoms with Crippen LogP contribution in [0.3, 0.4) is 0 Å². The van der Waals surface area contributed by atoms with E-state index in [2.05, 4.69) is 20.3 Å². The lowest BCUT2D eigenvalue weighted by Gasteiger charge is -2.35. The minimum atomic E-state index is -0.252. The Balaban J connectivity index is 1.48. The van der Waals surface area contributed by atoms with Gasteiger partial charge in [-0.15, -0.1) is 0 Å². The smallest absolute Gasteiger partial charge is 0.173 e. The van der Waals surface area contributed by atoms with Crippen LogP contribution >= 0.6 is 12.2 Å². The summed E-state index contributed by atoms with van der Waals surface area (Å²) >= 11 is 5.44. The number of nitrogens with one attached hydrogen (secondary N) is 1. The average Bonchev–Trinajstić information content (AvgIpc) is 2.95. The first-order valence-corrected chi connectivity index (χ1v) is 7.97. The zero-order chi connectivity index (χ0) is 16.2. The van der Waals surface area contributed by atoms with Gasteiger partial charge in [-0.2, -0.15) is 0 Å². The highest BCUT2D eigenvalue weighted by Crippen LogP contribution is 2.12. The van der Waals surface area contributed by atoms with E-state index in [1.807, 2.05) is 13.0 Å². The van der Waals surface area contributed by atoms with E-state index in [0.29, 0.717) is 5.11 Å². The first-order valence-electron chi connectivity index (χ1n) is 7.56. The fourth-order valence-corrected chi connectivity index (χ4v) is 2.87. The van der Waals surface area contributed by atoms with Crippen LogP contribution in [0, 0.1) is 12.7 Å². The molecule has 0 unspecified atom stereocenters. The summed E-state index contributed by atoms with van der Waals surface area (Å²) in [4.78, 5) is 4.46. The fraction of sp³-hybridized carbons (Fsp3) is 0.375. The molecule has 122 valence electrons. The molecule has 1 aliphatic heterocycles. The number of halogens is 1. The molecule has 0 aliphatic carbocycles. The van der Waals surface area contributed by atoms with Crippen LogP contribution in [0.1, 0.15) is 11.5 Å². The van der Waals surface area contributed by atoms with Gasteiger partial charge in [-0.1, -0.05) is 5.16 Å². The van der Waals surface area contributed by atoms with Crippen LogP contribution in [0.4, 0.5) is 10.1 Å². The molecule has 1 aromatic carbocycles. The van der Waals surface area contributed by atoms with E-state index in [1.54, 1.807) is 12.1 Å². The van der Waals surface area contributed by atoms with Gasteiger partial charge < -0.3 is 14.7 Å². The van der Waals surface area contributed by atoms with Gasteiger partial charge in [-0.05, 0) is 43.4 Å². The molecular formula is C16H19FN4OS. The molecule has 5 nitrogen and oxygen atoms in total. The molecule has 1 aliphatic rings. The van der Waals surface area contributed by atoms with Crippen LogP contribution in [0.25, 0.3) is 0 Å². The normalized spacial score (nSPS) is 15.7. The Kier molecular flexibility index (Phi) is 4.88. The van der Waals surface area contributed by atoms with Gasteiger partial charge in [-0.25, -0.2) is 4.39 Å². The highest BCUT2D eigenvalue weighted by Gasteiger charge is 2.19. The van der Waals surface area contributed by atoms with Crippen molar-refractivity contribution in [2.45, 2.75) is 13.5 Å². The van der Waals surface area contributed by atoms with Crippen molar-refractivity contribution in [1.29, 1.82) is 0 Å². The number of piperazine rings is 1. The molecule has 2 heterocycles. The predicted molar refractivity (Wildman–Crippen MR) is 90.7 cm³/mol. The maximum atomic E-state index is 12.9. The molecule has 3 rings (SSSR count). The van der Waals surface area contributed by atoms with E-state index in [-0.39, 0.29) is 5.82 Å². The van der Waals surface area contributed by atoms with Crippen molar-refractivity contribution in [3.05, 3.63) is 47.6 Å². The second-order valence-corrected chi connectivity index (χ2v) is 6.02. The van der Waals surface area contributed by atoms with E-state index in [9.17, 15) is 4.39 Å². The number of hydrogen-bond acceptors (Lipinski definition) is 4. The van der Waals surface area contributed by atoms with Gasteiger partial charge in [0.2, 0.25) is 0 Å². The summed E-state index contributed by atoms with van der Waals surface area (Å²) in [6, 6.07) is 8.17. The lowest BCUT2D eigenvalue weighted by atomic mass is 10.3. The molecule has 0 spiro atoms. The fourth-order valence-electron chi connectivity index (χ4n) is 2.57. The van der Waals surface area contributed by atoms with E-state index >= 15 is 0 Å². The second kappa shape index (κ2) is 7.06. The minimum absolute atomic E-state index is 0.252. The van der Waals surface area contributed by atoms with Crippen molar-refractivity contribution < 1.29 is 8.91 Å². The summed E-state index contributed by atoms with van der Waals surface area (Å²) in [5, 5.41) is 7.85. The van der Waals surface area contributed by atoms with Crippen molar-refractivity contribution in [3.8, 4) is 0 Å². The average molecular weight is 334 g/mol. The molecular weight excluding hydrogens is 315 g/mol. The predicted octanol–water partition coefficient (Wildman–Crippen LogP) is 2.64. The summed E-state index contributed by atoms with van der Waals surface area (Å²) in [5.41, 5.74) is 1.76. The van der Waals surface area contributed by atoms with Crippen molar-refractivity contribution in [1.82, 2.24) is 15.0 Å². The number of anilines is 1. The molecule has 0 bridgehead atoms. The van der Waals surface area contributed by atoms with Gasteiger partial charge in [0.15, 0.2) is 5.11 Å². The third kappa shape index (κ3) is 4.27. The summed E-state index contributed by atoms with van der Waals surface area (Å²) in [6.07, 6.45) is 0. The Morgan fingerprint density at radius 3 is 2.57 bits per heavy atom. The first kappa shape index (κ1) is 15.9. The topological polar surface area (TPSA) is 44.5 Å². The lowest BCUT2D eigenvalue weighted by Crippen LogP contribution is -2.49. The molecule has 7 heteroatoms.